The lowest BCUT2D eigenvalue weighted by Gasteiger charge is -2.29. The first-order chi connectivity index (χ1) is 21.0. The molecule has 0 amide bonds. The molecule has 0 atom stereocenters. The third kappa shape index (κ3) is 4.96. The van der Waals surface area contributed by atoms with Crippen molar-refractivity contribution in [1.29, 1.82) is 0 Å². The maximum atomic E-state index is 5.06. The van der Waals surface area contributed by atoms with Crippen LogP contribution in [0.1, 0.15) is 26.3 Å². The molecule has 7 rings (SSSR count). The van der Waals surface area contributed by atoms with Crippen molar-refractivity contribution in [1.82, 2.24) is 4.98 Å². The SMILES string of the molecule is CC(C)(C)c1ccc(N(c2ccccc2)c2c3ccccc3c(-c3cccc(-c4ccccc4)c3)c3ccccc23)nc1. The third-order valence-electron chi connectivity index (χ3n) is 8.24. The lowest BCUT2D eigenvalue weighted by Crippen LogP contribution is -2.15. The van der Waals surface area contributed by atoms with Crippen LogP contribution in [0, 0.1) is 0 Å². The molecule has 7 aromatic rings. The number of rotatable bonds is 5. The van der Waals surface area contributed by atoms with Crippen molar-refractivity contribution in [2.45, 2.75) is 26.2 Å². The number of nitrogens with zero attached hydrogens (tertiary/aromatic N) is 2. The summed E-state index contributed by atoms with van der Waals surface area (Å²) in [6, 6.07) is 52.1. The first-order valence-electron chi connectivity index (χ1n) is 14.9. The van der Waals surface area contributed by atoms with Gasteiger partial charge in [-0.15, -0.1) is 0 Å². The zero-order valence-electron chi connectivity index (χ0n) is 24.8. The lowest BCUT2D eigenvalue weighted by molar-refractivity contribution is 0.587. The van der Waals surface area contributed by atoms with Gasteiger partial charge in [-0.2, -0.15) is 0 Å². The van der Waals surface area contributed by atoms with E-state index in [-0.39, 0.29) is 5.41 Å². The standard InChI is InChI=1S/C41H34N2/c1-41(2,3)32-25-26-38(42-28-32)43(33-19-8-5-9-20-33)40-36-23-12-10-21-34(36)39(35-22-11-13-24-37(35)40)31-18-14-17-30(27-31)29-15-6-4-7-16-29/h4-28H,1-3H3. The van der Waals surface area contributed by atoms with Gasteiger partial charge >= 0.3 is 0 Å². The summed E-state index contributed by atoms with van der Waals surface area (Å²) in [5.74, 6) is 0.897. The average molecular weight is 555 g/mol. The summed E-state index contributed by atoms with van der Waals surface area (Å²) in [7, 11) is 0. The highest BCUT2D eigenvalue weighted by molar-refractivity contribution is 6.22. The number of hydrogen-bond acceptors (Lipinski definition) is 2. The summed E-state index contributed by atoms with van der Waals surface area (Å²) in [5, 5.41) is 4.81. The molecule has 0 unspecified atom stereocenters. The highest BCUT2D eigenvalue weighted by atomic mass is 15.2. The van der Waals surface area contributed by atoms with Crippen molar-refractivity contribution in [3.05, 3.63) is 157 Å². The summed E-state index contributed by atoms with van der Waals surface area (Å²) < 4.78 is 0. The number of anilines is 3. The molecule has 0 fully saturated rings. The molecule has 0 spiro atoms. The predicted molar refractivity (Wildman–Crippen MR) is 184 cm³/mol. The Labute approximate surface area is 253 Å². The number of para-hydroxylation sites is 1. The zero-order chi connectivity index (χ0) is 29.4. The Hall–Kier alpha value is -5.21. The highest BCUT2D eigenvalue weighted by Crippen LogP contribution is 2.48. The molecule has 1 aromatic heterocycles. The zero-order valence-corrected chi connectivity index (χ0v) is 24.8. The van der Waals surface area contributed by atoms with Gasteiger partial charge in [-0.25, -0.2) is 4.98 Å². The van der Waals surface area contributed by atoms with Gasteiger partial charge in [0.25, 0.3) is 0 Å². The second kappa shape index (κ2) is 10.9. The van der Waals surface area contributed by atoms with Gasteiger partial charge in [0.1, 0.15) is 5.82 Å². The molecule has 1 heterocycles. The molecule has 2 heteroatoms. The van der Waals surface area contributed by atoms with E-state index in [0.717, 1.165) is 17.2 Å². The van der Waals surface area contributed by atoms with Crippen molar-refractivity contribution in [2.75, 3.05) is 4.90 Å². The van der Waals surface area contributed by atoms with Crippen LogP contribution in [0.4, 0.5) is 17.2 Å². The smallest absolute Gasteiger partial charge is 0.137 e. The van der Waals surface area contributed by atoms with Gasteiger partial charge in [0.05, 0.1) is 5.69 Å². The molecule has 0 saturated heterocycles. The van der Waals surface area contributed by atoms with Crippen LogP contribution in [-0.2, 0) is 5.41 Å². The Morgan fingerprint density at radius 2 is 1.02 bits per heavy atom. The van der Waals surface area contributed by atoms with Crippen LogP contribution in [0.3, 0.4) is 0 Å². The molecule has 0 aliphatic rings. The molecular formula is C41H34N2. The van der Waals surface area contributed by atoms with E-state index in [0.29, 0.717) is 0 Å². The molecule has 0 aliphatic heterocycles. The van der Waals surface area contributed by atoms with Crippen LogP contribution >= 0.6 is 0 Å². The van der Waals surface area contributed by atoms with Gasteiger partial charge in [-0.1, -0.05) is 142 Å². The van der Waals surface area contributed by atoms with E-state index in [9.17, 15) is 0 Å². The first-order valence-corrected chi connectivity index (χ1v) is 14.9. The number of fused-ring (bicyclic) bond motifs is 2. The molecule has 43 heavy (non-hydrogen) atoms. The van der Waals surface area contributed by atoms with E-state index < -0.39 is 0 Å². The molecule has 0 radical (unpaired) electrons. The number of pyridine rings is 1. The summed E-state index contributed by atoms with van der Waals surface area (Å²) in [6.45, 7) is 6.68. The molecule has 208 valence electrons. The maximum Gasteiger partial charge on any atom is 0.137 e. The van der Waals surface area contributed by atoms with Crippen molar-refractivity contribution in [2.24, 2.45) is 0 Å². The van der Waals surface area contributed by atoms with Crippen molar-refractivity contribution in [3.8, 4) is 22.3 Å². The van der Waals surface area contributed by atoms with E-state index in [1.807, 2.05) is 6.20 Å². The van der Waals surface area contributed by atoms with Gasteiger partial charge in [-0.3, -0.25) is 4.90 Å². The number of benzene rings is 6. The topological polar surface area (TPSA) is 16.1 Å². The van der Waals surface area contributed by atoms with E-state index >= 15 is 0 Å². The second-order valence-electron chi connectivity index (χ2n) is 12.1. The summed E-state index contributed by atoms with van der Waals surface area (Å²) in [6.07, 6.45) is 2.03. The molecule has 0 bridgehead atoms. The Bertz CT molecular complexity index is 1980. The fraction of sp³-hybridized carbons (Fsp3) is 0.0976. The van der Waals surface area contributed by atoms with E-state index in [1.54, 1.807) is 0 Å². The minimum absolute atomic E-state index is 0.0262. The van der Waals surface area contributed by atoms with Crippen LogP contribution in [-0.4, -0.2) is 4.98 Å². The van der Waals surface area contributed by atoms with Gasteiger partial charge in [0.2, 0.25) is 0 Å². The van der Waals surface area contributed by atoms with Crippen molar-refractivity contribution < 1.29 is 0 Å². The van der Waals surface area contributed by atoms with Crippen molar-refractivity contribution >= 4 is 38.7 Å². The fourth-order valence-corrected chi connectivity index (χ4v) is 6.06. The van der Waals surface area contributed by atoms with E-state index in [4.69, 9.17) is 4.98 Å². The lowest BCUT2D eigenvalue weighted by atomic mass is 9.88. The second-order valence-corrected chi connectivity index (χ2v) is 12.1. The quantitative estimate of drug-likeness (QED) is 0.197. The van der Waals surface area contributed by atoms with Gasteiger partial charge in [0.15, 0.2) is 0 Å². The van der Waals surface area contributed by atoms with E-state index in [2.05, 4.69) is 171 Å². The summed E-state index contributed by atoms with van der Waals surface area (Å²) in [5.41, 5.74) is 8.34. The first kappa shape index (κ1) is 26.7. The van der Waals surface area contributed by atoms with Crippen LogP contribution in [0.5, 0.6) is 0 Å². The monoisotopic (exact) mass is 554 g/mol. The van der Waals surface area contributed by atoms with Gasteiger partial charge in [-0.05, 0) is 68.3 Å². The average Bonchev–Trinajstić information content (AvgIpc) is 3.05. The molecule has 0 saturated carbocycles. The molecule has 0 aliphatic carbocycles. The van der Waals surface area contributed by atoms with Crippen LogP contribution in [0.25, 0.3) is 43.8 Å². The fourth-order valence-electron chi connectivity index (χ4n) is 6.06. The third-order valence-corrected chi connectivity index (χ3v) is 8.24. The summed E-state index contributed by atoms with van der Waals surface area (Å²) in [4.78, 5) is 7.38. The summed E-state index contributed by atoms with van der Waals surface area (Å²) >= 11 is 0. The molecule has 2 nitrogen and oxygen atoms in total. The number of hydrogen-bond donors (Lipinski definition) is 0. The van der Waals surface area contributed by atoms with Gasteiger partial charge in [0, 0.05) is 22.7 Å². The Balaban J connectivity index is 1.53. The minimum Gasteiger partial charge on any atom is -0.294 e. The van der Waals surface area contributed by atoms with Crippen LogP contribution in [0.2, 0.25) is 0 Å². The number of aromatic nitrogens is 1. The molecular weight excluding hydrogens is 520 g/mol. The Morgan fingerprint density at radius 1 is 0.488 bits per heavy atom. The largest absolute Gasteiger partial charge is 0.294 e. The minimum atomic E-state index is 0.0262. The van der Waals surface area contributed by atoms with Crippen LogP contribution < -0.4 is 4.90 Å². The Kier molecular flexibility index (Phi) is 6.75. The molecule has 0 N–H and O–H groups in total. The molecule has 6 aromatic carbocycles. The van der Waals surface area contributed by atoms with E-state index in [1.165, 1.54) is 49.4 Å². The highest BCUT2D eigenvalue weighted by Gasteiger charge is 2.23. The Morgan fingerprint density at radius 3 is 1.60 bits per heavy atom. The predicted octanol–water partition coefficient (Wildman–Crippen LogP) is 11.5. The van der Waals surface area contributed by atoms with Gasteiger partial charge < -0.3 is 0 Å². The van der Waals surface area contributed by atoms with Crippen LogP contribution in [0.15, 0.2) is 152 Å². The maximum absolute atomic E-state index is 5.06. The van der Waals surface area contributed by atoms with Crippen molar-refractivity contribution in [3.63, 3.8) is 0 Å². The normalized spacial score (nSPS) is 11.6.